The molecule has 0 amide bonds. The van der Waals surface area contributed by atoms with Crippen LogP contribution < -0.4 is 5.32 Å². The zero-order valence-electron chi connectivity index (χ0n) is 6.06. The minimum absolute atomic E-state index is 0.871. The van der Waals surface area contributed by atoms with Gasteiger partial charge in [0.2, 0.25) is 0 Å². The van der Waals surface area contributed by atoms with Gasteiger partial charge in [-0.3, -0.25) is 0 Å². The molecular weight excluding hydrogens is 110 g/mol. The number of nitrogens with one attached hydrogen (secondary N) is 1. The maximum Gasteiger partial charge on any atom is 0.00683 e. The molecule has 0 bridgehead atoms. The summed E-state index contributed by atoms with van der Waals surface area (Å²) in [6.45, 7) is 3.23. The molecule has 0 heterocycles. The molecule has 1 heteroatoms. The monoisotopic (exact) mass is 125 g/mol. The van der Waals surface area contributed by atoms with Crippen LogP contribution in [0.2, 0.25) is 0 Å². The average Bonchev–Trinajstić information content (AvgIpc) is 2.63. The van der Waals surface area contributed by atoms with Crippen molar-refractivity contribution in [3.63, 3.8) is 0 Å². The van der Waals surface area contributed by atoms with Crippen molar-refractivity contribution < 1.29 is 0 Å². The highest BCUT2D eigenvalue weighted by molar-refractivity contribution is 4.83. The lowest BCUT2D eigenvalue weighted by molar-refractivity contribution is 0.690. The number of rotatable bonds is 4. The van der Waals surface area contributed by atoms with Crippen LogP contribution in [0, 0.1) is 0 Å². The summed E-state index contributed by atoms with van der Waals surface area (Å²) >= 11 is 0. The second kappa shape index (κ2) is 3.67. The molecule has 1 saturated carbocycles. The fourth-order valence-corrected chi connectivity index (χ4v) is 0.825. The Bertz CT molecular complexity index is 92.7. The van der Waals surface area contributed by atoms with Gasteiger partial charge in [0.05, 0.1) is 0 Å². The molecule has 1 aliphatic rings. The Balaban J connectivity index is 1.81. The number of hydrogen-bond donors (Lipinski definition) is 1. The van der Waals surface area contributed by atoms with Gasteiger partial charge in [-0.25, -0.2) is 0 Å². The van der Waals surface area contributed by atoms with Crippen LogP contribution in [0.15, 0.2) is 12.2 Å². The molecule has 1 N–H and O–H groups in total. The van der Waals surface area contributed by atoms with Crippen LogP contribution in [-0.2, 0) is 0 Å². The topological polar surface area (TPSA) is 12.0 Å². The summed E-state index contributed by atoms with van der Waals surface area (Å²) in [7, 11) is 0. The third-order valence-electron chi connectivity index (χ3n) is 1.56. The smallest absolute Gasteiger partial charge is 0.00683 e. The molecule has 0 unspecified atom stereocenters. The fourth-order valence-electron chi connectivity index (χ4n) is 0.825. The lowest BCUT2D eigenvalue weighted by atomic mass is 10.4. The summed E-state index contributed by atoms with van der Waals surface area (Å²) in [5, 5.41) is 3.44. The lowest BCUT2D eigenvalue weighted by Crippen LogP contribution is -2.16. The quantitative estimate of drug-likeness (QED) is 0.445. The van der Waals surface area contributed by atoms with Crippen molar-refractivity contribution in [1.29, 1.82) is 0 Å². The molecule has 0 saturated heterocycles. The van der Waals surface area contributed by atoms with E-state index in [1.54, 1.807) is 0 Å². The zero-order valence-corrected chi connectivity index (χ0v) is 6.06. The number of hydrogen-bond acceptors (Lipinski definition) is 1. The molecule has 1 aliphatic carbocycles. The van der Waals surface area contributed by atoms with E-state index in [1.165, 1.54) is 19.3 Å². The van der Waals surface area contributed by atoms with Gasteiger partial charge in [0.25, 0.3) is 0 Å². The molecule has 1 nitrogen and oxygen atoms in total. The van der Waals surface area contributed by atoms with E-state index in [9.17, 15) is 0 Å². The summed E-state index contributed by atoms with van der Waals surface area (Å²) in [5.74, 6) is 0. The van der Waals surface area contributed by atoms with E-state index in [0.29, 0.717) is 0 Å². The minimum Gasteiger partial charge on any atom is -0.314 e. The van der Waals surface area contributed by atoms with Crippen LogP contribution in [-0.4, -0.2) is 12.6 Å². The second-order valence-corrected chi connectivity index (χ2v) is 2.59. The predicted molar refractivity (Wildman–Crippen MR) is 40.5 cm³/mol. The van der Waals surface area contributed by atoms with Crippen LogP contribution >= 0.6 is 0 Å². The van der Waals surface area contributed by atoms with Gasteiger partial charge < -0.3 is 5.32 Å². The van der Waals surface area contributed by atoms with E-state index in [1.807, 2.05) is 0 Å². The standard InChI is InChI=1S/C8H15N/c1-2-3-4-7-9-8-5-6-8/h2-3,8-9H,4-7H2,1H3/b3-2+. The molecule has 1 rings (SSSR count). The molecule has 0 radical (unpaired) electrons. The van der Waals surface area contributed by atoms with Crippen LogP contribution in [0.1, 0.15) is 26.2 Å². The molecule has 0 aromatic rings. The molecule has 1 fully saturated rings. The zero-order chi connectivity index (χ0) is 6.53. The Morgan fingerprint density at radius 1 is 1.56 bits per heavy atom. The first kappa shape index (κ1) is 6.81. The fraction of sp³-hybridized carbons (Fsp3) is 0.750. The van der Waals surface area contributed by atoms with Gasteiger partial charge in [-0.1, -0.05) is 12.2 Å². The van der Waals surface area contributed by atoms with E-state index < -0.39 is 0 Å². The van der Waals surface area contributed by atoms with Crippen molar-refractivity contribution in [3.8, 4) is 0 Å². The Labute approximate surface area is 57.1 Å². The van der Waals surface area contributed by atoms with Gasteiger partial charge in [0.1, 0.15) is 0 Å². The molecular formula is C8H15N. The largest absolute Gasteiger partial charge is 0.314 e. The van der Waals surface area contributed by atoms with E-state index >= 15 is 0 Å². The number of allylic oxidation sites excluding steroid dienone is 1. The first-order valence-electron chi connectivity index (χ1n) is 3.78. The first-order chi connectivity index (χ1) is 4.43. The van der Waals surface area contributed by atoms with Crippen molar-refractivity contribution in [1.82, 2.24) is 5.32 Å². The van der Waals surface area contributed by atoms with E-state index in [0.717, 1.165) is 12.6 Å². The Morgan fingerprint density at radius 3 is 2.89 bits per heavy atom. The van der Waals surface area contributed by atoms with Gasteiger partial charge >= 0.3 is 0 Å². The average molecular weight is 125 g/mol. The second-order valence-electron chi connectivity index (χ2n) is 2.59. The molecule has 0 atom stereocenters. The third kappa shape index (κ3) is 3.31. The molecule has 0 spiro atoms. The summed E-state index contributed by atoms with van der Waals surface area (Å²) in [4.78, 5) is 0. The van der Waals surface area contributed by atoms with Crippen molar-refractivity contribution in [2.75, 3.05) is 6.54 Å². The van der Waals surface area contributed by atoms with Crippen molar-refractivity contribution in [2.45, 2.75) is 32.2 Å². The lowest BCUT2D eigenvalue weighted by Gasteiger charge is -1.95. The van der Waals surface area contributed by atoms with Crippen molar-refractivity contribution in [3.05, 3.63) is 12.2 Å². The van der Waals surface area contributed by atoms with E-state index in [4.69, 9.17) is 0 Å². The Morgan fingerprint density at radius 2 is 2.33 bits per heavy atom. The van der Waals surface area contributed by atoms with E-state index in [-0.39, 0.29) is 0 Å². The van der Waals surface area contributed by atoms with Crippen LogP contribution in [0.5, 0.6) is 0 Å². The molecule has 9 heavy (non-hydrogen) atoms. The van der Waals surface area contributed by atoms with Gasteiger partial charge in [-0.2, -0.15) is 0 Å². The highest BCUT2D eigenvalue weighted by atomic mass is 14.9. The van der Waals surface area contributed by atoms with Gasteiger partial charge in [-0.05, 0) is 32.7 Å². The minimum atomic E-state index is 0.871. The predicted octanol–water partition coefficient (Wildman–Crippen LogP) is 1.70. The molecule has 0 aromatic carbocycles. The Kier molecular flexibility index (Phi) is 2.78. The first-order valence-corrected chi connectivity index (χ1v) is 3.78. The molecule has 0 aliphatic heterocycles. The van der Waals surface area contributed by atoms with Gasteiger partial charge in [0, 0.05) is 6.04 Å². The molecule has 0 aromatic heterocycles. The summed E-state index contributed by atoms with van der Waals surface area (Å²) in [5.41, 5.74) is 0. The van der Waals surface area contributed by atoms with Crippen LogP contribution in [0.25, 0.3) is 0 Å². The maximum absolute atomic E-state index is 3.44. The highest BCUT2D eigenvalue weighted by Crippen LogP contribution is 2.18. The SMILES string of the molecule is C/C=C/CCNC1CC1. The van der Waals surface area contributed by atoms with Crippen molar-refractivity contribution in [2.24, 2.45) is 0 Å². The molecule has 52 valence electrons. The van der Waals surface area contributed by atoms with Gasteiger partial charge in [0.15, 0.2) is 0 Å². The van der Waals surface area contributed by atoms with E-state index in [2.05, 4.69) is 24.4 Å². The summed E-state index contributed by atoms with van der Waals surface area (Å²) in [6, 6.07) is 0.871. The maximum atomic E-state index is 3.44. The van der Waals surface area contributed by atoms with Crippen LogP contribution in [0.4, 0.5) is 0 Å². The summed E-state index contributed by atoms with van der Waals surface area (Å²) < 4.78 is 0. The normalized spacial score (nSPS) is 19.2. The third-order valence-corrected chi connectivity index (χ3v) is 1.56. The van der Waals surface area contributed by atoms with Gasteiger partial charge in [-0.15, -0.1) is 0 Å². The Hall–Kier alpha value is -0.300. The highest BCUT2D eigenvalue weighted by Gasteiger charge is 2.18. The summed E-state index contributed by atoms with van der Waals surface area (Å²) in [6.07, 6.45) is 8.29. The van der Waals surface area contributed by atoms with Crippen molar-refractivity contribution >= 4 is 0 Å². The van der Waals surface area contributed by atoms with Crippen LogP contribution in [0.3, 0.4) is 0 Å².